The molecule has 0 aliphatic carbocycles. The summed E-state index contributed by atoms with van der Waals surface area (Å²) in [4.78, 5) is 0. The van der Waals surface area contributed by atoms with Crippen molar-refractivity contribution in [2.45, 2.75) is 63.4 Å². The summed E-state index contributed by atoms with van der Waals surface area (Å²) in [5, 5.41) is 8.32. The van der Waals surface area contributed by atoms with Crippen LogP contribution in [0.1, 0.15) is 44.8 Å². The van der Waals surface area contributed by atoms with E-state index in [2.05, 4.69) is 39.5 Å². The number of aromatic nitrogens is 3. The standard InChI is InChI=1S/C19H26N4O/c1-2-9-24-19(5-1)23-13-15(11-20-23)18-4-3-8-22(18)12-14-10-16-6-7-17(14)21-16/h3-4,8,11,13-14,16-17,19,21H,1-2,5-7,9-10,12H2. The quantitative estimate of drug-likeness (QED) is 0.938. The molecule has 5 heteroatoms. The second-order valence-electron chi connectivity index (χ2n) is 7.62. The molecule has 128 valence electrons. The Balaban J connectivity index is 1.34. The second kappa shape index (κ2) is 6.05. The Morgan fingerprint density at radius 2 is 2.25 bits per heavy atom. The van der Waals surface area contributed by atoms with Crippen molar-refractivity contribution in [1.82, 2.24) is 19.7 Å². The molecule has 3 saturated heterocycles. The van der Waals surface area contributed by atoms with Crippen LogP contribution in [0.4, 0.5) is 0 Å². The van der Waals surface area contributed by atoms with Crippen molar-refractivity contribution in [3.8, 4) is 11.3 Å². The first-order valence-corrected chi connectivity index (χ1v) is 9.44. The van der Waals surface area contributed by atoms with Gasteiger partial charge in [-0.2, -0.15) is 5.10 Å². The van der Waals surface area contributed by atoms with E-state index in [1.807, 2.05) is 10.9 Å². The van der Waals surface area contributed by atoms with E-state index in [9.17, 15) is 0 Å². The van der Waals surface area contributed by atoms with Crippen LogP contribution in [0, 0.1) is 5.92 Å². The van der Waals surface area contributed by atoms with Crippen molar-refractivity contribution in [3.63, 3.8) is 0 Å². The molecule has 5 rings (SSSR count). The third-order valence-electron chi connectivity index (χ3n) is 6.04. The molecular weight excluding hydrogens is 300 g/mol. The molecule has 3 aliphatic rings. The lowest BCUT2D eigenvalue weighted by Gasteiger charge is -2.23. The van der Waals surface area contributed by atoms with Gasteiger partial charge in [0.2, 0.25) is 0 Å². The Bertz CT molecular complexity index is 700. The zero-order valence-electron chi connectivity index (χ0n) is 14.1. The van der Waals surface area contributed by atoms with Crippen LogP contribution in [0.25, 0.3) is 11.3 Å². The van der Waals surface area contributed by atoms with E-state index < -0.39 is 0 Å². The molecule has 4 unspecified atom stereocenters. The van der Waals surface area contributed by atoms with Crippen LogP contribution >= 0.6 is 0 Å². The topological polar surface area (TPSA) is 44.0 Å². The number of rotatable bonds is 4. The molecule has 2 aromatic rings. The number of fused-ring (bicyclic) bond motifs is 2. The fourth-order valence-electron chi connectivity index (χ4n) is 4.79. The van der Waals surface area contributed by atoms with Crippen LogP contribution in [0.2, 0.25) is 0 Å². The van der Waals surface area contributed by atoms with Gasteiger partial charge in [0.05, 0.1) is 11.9 Å². The summed E-state index contributed by atoms with van der Waals surface area (Å²) < 4.78 is 10.3. The van der Waals surface area contributed by atoms with Gasteiger partial charge in [-0.25, -0.2) is 4.68 Å². The van der Waals surface area contributed by atoms with E-state index in [4.69, 9.17) is 4.74 Å². The van der Waals surface area contributed by atoms with Gasteiger partial charge in [-0.1, -0.05) is 0 Å². The normalized spacial score (nSPS) is 32.5. The summed E-state index contributed by atoms with van der Waals surface area (Å²) in [6, 6.07) is 5.86. The van der Waals surface area contributed by atoms with Crippen molar-refractivity contribution in [2.75, 3.05) is 6.61 Å². The molecule has 4 atom stereocenters. The smallest absolute Gasteiger partial charge is 0.150 e. The Kier molecular flexibility index (Phi) is 3.71. The third-order valence-corrected chi connectivity index (χ3v) is 6.04. The molecule has 2 bridgehead atoms. The van der Waals surface area contributed by atoms with Gasteiger partial charge in [0.15, 0.2) is 0 Å². The van der Waals surface area contributed by atoms with Gasteiger partial charge in [-0.05, 0) is 56.6 Å². The predicted molar refractivity (Wildman–Crippen MR) is 92.5 cm³/mol. The highest BCUT2D eigenvalue weighted by Gasteiger charge is 2.39. The fourth-order valence-corrected chi connectivity index (χ4v) is 4.79. The van der Waals surface area contributed by atoms with Crippen LogP contribution in [0.15, 0.2) is 30.7 Å². The summed E-state index contributed by atoms with van der Waals surface area (Å²) in [5.74, 6) is 0.770. The molecule has 5 nitrogen and oxygen atoms in total. The van der Waals surface area contributed by atoms with Crippen LogP contribution in [0.5, 0.6) is 0 Å². The molecule has 3 aliphatic heterocycles. The molecule has 0 saturated carbocycles. The van der Waals surface area contributed by atoms with Crippen molar-refractivity contribution in [3.05, 3.63) is 30.7 Å². The molecule has 1 N–H and O–H groups in total. The van der Waals surface area contributed by atoms with Crippen LogP contribution in [-0.2, 0) is 11.3 Å². The Hall–Kier alpha value is -1.59. The van der Waals surface area contributed by atoms with E-state index in [0.717, 1.165) is 37.6 Å². The van der Waals surface area contributed by atoms with Gasteiger partial charge in [-0.15, -0.1) is 0 Å². The van der Waals surface area contributed by atoms with Gasteiger partial charge in [0.25, 0.3) is 0 Å². The maximum atomic E-state index is 5.85. The first kappa shape index (κ1) is 14.7. The molecule has 2 aromatic heterocycles. The second-order valence-corrected chi connectivity index (χ2v) is 7.62. The number of hydrogen-bond donors (Lipinski definition) is 1. The van der Waals surface area contributed by atoms with Crippen molar-refractivity contribution in [2.24, 2.45) is 5.92 Å². The first-order valence-electron chi connectivity index (χ1n) is 9.44. The number of nitrogens with one attached hydrogen (secondary N) is 1. The van der Waals surface area contributed by atoms with Crippen LogP contribution in [0.3, 0.4) is 0 Å². The van der Waals surface area contributed by atoms with Gasteiger partial charge in [-0.3, -0.25) is 0 Å². The lowest BCUT2D eigenvalue weighted by atomic mass is 9.89. The fraction of sp³-hybridized carbons (Fsp3) is 0.632. The Labute approximate surface area is 143 Å². The molecular formula is C19H26N4O. The molecule has 24 heavy (non-hydrogen) atoms. The van der Waals surface area contributed by atoms with Crippen LogP contribution < -0.4 is 5.32 Å². The molecule has 0 spiro atoms. The largest absolute Gasteiger partial charge is 0.357 e. The predicted octanol–water partition coefficient (Wildman–Crippen LogP) is 3.19. The van der Waals surface area contributed by atoms with E-state index in [1.54, 1.807) is 0 Å². The average Bonchev–Trinajstić information content (AvgIpc) is 3.40. The van der Waals surface area contributed by atoms with Crippen molar-refractivity contribution >= 4 is 0 Å². The highest BCUT2D eigenvalue weighted by molar-refractivity contribution is 5.58. The summed E-state index contributed by atoms with van der Waals surface area (Å²) in [7, 11) is 0. The SMILES string of the molecule is c1cc(-c2cnn(C3CCCCO3)c2)n(CC2CC3CCC2N3)c1. The number of ether oxygens (including phenoxy) is 1. The van der Waals surface area contributed by atoms with Gasteiger partial charge in [0, 0.05) is 43.2 Å². The highest BCUT2D eigenvalue weighted by atomic mass is 16.5. The van der Waals surface area contributed by atoms with E-state index in [1.165, 1.54) is 43.4 Å². The maximum Gasteiger partial charge on any atom is 0.150 e. The maximum absolute atomic E-state index is 5.85. The highest BCUT2D eigenvalue weighted by Crippen LogP contribution is 2.35. The van der Waals surface area contributed by atoms with Gasteiger partial charge in [0.1, 0.15) is 6.23 Å². The lowest BCUT2D eigenvalue weighted by molar-refractivity contribution is -0.0394. The average molecular weight is 326 g/mol. The minimum absolute atomic E-state index is 0.116. The summed E-state index contributed by atoms with van der Waals surface area (Å²) >= 11 is 0. The molecule has 3 fully saturated rings. The third kappa shape index (κ3) is 2.60. The summed E-state index contributed by atoms with van der Waals surface area (Å²) in [6.07, 6.45) is 14.0. The molecule has 0 amide bonds. The summed E-state index contributed by atoms with van der Waals surface area (Å²) in [5.41, 5.74) is 2.48. The molecule has 0 radical (unpaired) electrons. The monoisotopic (exact) mass is 326 g/mol. The minimum Gasteiger partial charge on any atom is -0.357 e. The van der Waals surface area contributed by atoms with Crippen molar-refractivity contribution in [1.29, 1.82) is 0 Å². The van der Waals surface area contributed by atoms with Gasteiger partial charge < -0.3 is 14.6 Å². The minimum atomic E-state index is 0.116. The number of hydrogen-bond acceptors (Lipinski definition) is 3. The molecule has 5 heterocycles. The van der Waals surface area contributed by atoms with E-state index in [-0.39, 0.29) is 6.23 Å². The number of nitrogens with zero attached hydrogens (tertiary/aromatic N) is 3. The van der Waals surface area contributed by atoms with E-state index >= 15 is 0 Å². The van der Waals surface area contributed by atoms with Crippen LogP contribution in [-0.4, -0.2) is 33.0 Å². The zero-order chi connectivity index (χ0) is 15.9. The van der Waals surface area contributed by atoms with Crippen molar-refractivity contribution < 1.29 is 4.74 Å². The zero-order valence-corrected chi connectivity index (χ0v) is 14.1. The molecule has 0 aromatic carbocycles. The Morgan fingerprint density at radius 1 is 1.25 bits per heavy atom. The lowest BCUT2D eigenvalue weighted by Crippen LogP contribution is -2.25. The van der Waals surface area contributed by atoms with Gasteiger partial charge >= 0.3 is 0 Å². The first-order chi connectivity index (χ1) is 11.9. The summed E-state index contributed by atoms with van der Waals surface area (Å²) in [6.45, 7) is 1.97. The Morgan fingerprint density at radius 3 is 3.04 bits per heavy atom. The van der Waals surface area contributed by atoms with E-state index in [0.29, 0.717) is 0 Å².